The quantitative estimate of drug-likeness (QED) is 0.420. The molecule has 0 bridgehead atoms. The summed E-state index contributed by atoms with van der Waals surface area (Å²) in [7, 11) is 3.77. The number of likely N-dealkylation sites (N-methyl/N-ethyl adjacent to an activating group) is 1. The van der Waals surface area contributed by atoms with Gasteiger partial charge in [0.1, 0.15) is 5.82 Å². The molecule has 0 aromatic carbocycles. The Morgan fingerprint density at radius 1 is 1.36 bits per heavy atom. The Labute approximate surface area is 150 Å². The molecule has 1 aromatic rings. The van der Waals surface area contributed by atoms with Gasteiger partial charge in [0.15, 0.2) is 11.8 Å². The van der Waals surface area contributed by atoms with Gasteiger partial charge in [0.25, 0.3) is 0 Å². The molecule has 1 unspecified atom stereocenters. The van der Waals surface area contributed by atoms with Crippen molar-refractivity contribution in [2.45, 2.75) is 39.3 Å². The maximum Gasteiger partial charge on any atom is 0.191 e. The molecule has 2 heterocycles. The molecule has 126 valence electrons. The van der Waals surface area contributed by atoms with Crippen molar-refractivity contribution < 1.29 is 0 Å². The molecular formula is C14H28IN7. The first-order valence-electron chi connectivity index (χ1n) is 7.69. The number of likely N-dealkylation sites (tertiary alicyclic amines) is 1. The van der Waals surface area contributed by atoms with Crippen LogP contribution in [0, 0.1) is 6.92 Å². The van der Waals surface area contributed by atoms with Crippen molar-refractivity contribution in [1.82, 2.24) is 30.3 Å². The first kappa shape index (κ1) is 19.1. The minimum Gasteiger partial charge on any atom is -0.355 e. The average molecular weight is 421 g/mol. The van der Waals surface area contributed by atoms with Gasteiger partial charge in [-0.3, -0.25) is 9.89 Å². The van der Waals surface area contributed by atoms with Crippen LogP contribution in [0.5, 0.6) is 0 Å². The van der Waals surface area contributed by atoms with E-state index in [4.69, 9.17) is 0 Å². The summed E-state index contributed by atoms with van der Waals surface area (Å²) in [5.41, 5.74) is 0. The molecular weight excluding hydrogens is 393 g/mol. The van der Waals surface area contributed by atoms with E-state index in [1.165, 1.54) is 19.4 Å². The van der Waals surface area contributed by atoms with Gasteiger partial charge in [-0.1, -0.05) is 6.92 Å². The fraction of sp³-hybridized carbons (Fsp3) is 0.786. The normalized spacial score (nSPS) is 19.1. The Kier molecular flexibility index (Phi) is 8.08. The molecule has 7 nitrogen and oxygen atoms in total. The van der Waals surface area contributed by atoms with E-state index >= 15 is 0 Å². The molecule has 1 aromatic heterocycles. The van der Waals surface area contributed by atoms with E-state index < -0.39 is 0 Å². The summed E-state index contributed by atoms with van der Waals surface area (Å²) in [5, 5.41) is 14.9. The second-order valence-electron chi connectivity index (χ2n) is 5.45. The van der Waals surface area contributed by atoms with Gasteiger partial charge in [0.2, 0.25) is 0 Å². The van der Waals surface area contributed by atoms with Gasteiger partial charge in [-0.25, -0.2) is 0 Å². The van der Waals surface area contributed by atoms with E-state index in [1.54, 1.807) is 7.05 Å². The van der Waals surface area contributed by atoms with Crippen molar-refractivity contribution >= 4 is 29.9 Å². The zero-order chi connectivity index (χ0) is 15.2. The van der Waals surface area contributed by atoms with Gasteiger partial charge < -0.3 is 15.2 Å². The molecule has 2 N–H and O–H groups in total. The summed E-state index contributed by atoms with van der Waals surface area (Å²) < 4.78 is 1.98. The van der Waals surface area contributed by atoms with E-state index in [2.05, 4.69) is 37.6 Å². The van der Waals surface area contributed by atoms with Crippen LogP contribution in [-0.2, 0) is 13.6 Å². The first-order valence-corrected chi connectivity index (χ1v) is 7.69. The molecule has 0 spiro atoms. The minimum atomic E-state index is 0. The molecule has 0 amide bonds. The van der Waals surface area contributed by atoms with Gasteiger partial charge in [-0.15, -0.1) is 34.2 Å². The molecule has 22 heavy (non-hydrogen) atoms. The number of nitrogens with zero attached hydrogens (tertiary/aromatic N) is 5. The van der Waals surface area contributed by atoms with Crippen molar-refractivity contribution in [3.63, 3.8) is 0 Å². The number of hydrogen-bond donors (Lipinski definition) is 2. The molecule has 1 fully saturated rings. The lowest BCUT2D eigenvalue weighted by Crippen LogP contribution is -2.44. The molecule has 1 aliphatic heterocycles. The van der Waals surface area contributed by atoms with Gasteiger partial charge in [-0.2, -0.15) is 0 Å². The second-order valence-corrected chi connectivity index (χ2v) is 5.45. The Bertz CT molecular complexity index is 486. The van der Waals surface area contributed by atoms with Crippen molar-refractivity contribution in [2.75, 3.05) is 26.7 Å². The van der Waals surface area contributed by atoms with Crippen LogP contribution >= 0.6 is 24.0 Å². The van der Waals surface area contributed by atoms with E-state index in [9.17, 15) is 0 Å². The number of guanidine groups is 1. The average Bonchev–Trinajstić information content (AvgIpc) is 3.08. The number of aryl methyl sites for hydroxylation is 1. The third-order valence-electron chi connectivity index (χ3n) is 4.23. The van der Waals surface area contributed by atoms with E-state index in [1.807, 2.05) is 18.5 Å². The lowest BCUT2D eigenvalue weighted by atomic mass is 10.2. The van der Waals surface area contributed by atoms with Gasteiger partial charge in [0, 0.05) is 26.7 Å². The summed E-state index contributed by atoms with van der Waals surface area (Å²) >= 11 is 0. The van der Waals surface area contributed by atoms with Crippen LogP contribution in [0.4, 0.5) is 0 Å². The van der Waals surface area contributed by atoms with Crippen molar-refractivity contribution in [3.05, 3.63) is 11.6 Å². The smallest absolute Gasteiger partial charge is 0.191 e. The fourth-order valence-electron chi connectivity index (χ4n) is 2.75. The van der Waals surface area contributed by atoms with Crippen LogP contribution in [-0.4, -0.2) is 58.3 Å². The Hall–Kier alpha value is -0.900. The van der Waals surface area contributed by atoms with Crippen LogP contribution < -0.4 is 10.6 Å². The van der Waals surface area contributed by atoms with Crippen LogP contribution in [0.25, 0.3) is 0 Å². The standard InChI is InChI=1S/C14H27N7.HI/c1-5-21-8-6-7-12(21)9-16-14(15-3)17-10-13-19-18-11(2)20(13)4;/h12H,5-10H2,1-4H3,(H2,15,16,17);1H. The highest BCUT2D eigenvalue weighted by Crippen LogP contribution is 2.15. The SMILES string of the molecule is CCN1CCCC1CNC(=NC)NCc1nnc(C)n1C.I. The van der Waals surface area contributed by atoms with Crippen LogP contribution in [0.1, 0.15) is 31.4 Å². The third kappa shape index (κ3) is 4.80. The molecule has 0 saturated carbocycles. The maximum absolute atomic E-state index is 4.27. The van der Waals surface area contributed by atoms with E-state index in [-0.39, 0.29) is 24.0 Å². The summed E-state index contributed by atoms with van der Waals surface area (Å²) in [4.78, 5) is 6.79. The molecule has 1 aliphatic rings. The summed E-state index contributed by atoms with van der Waals surface area (Å²) in [6.45, 7) is 8.07. The number of halogens is 1. The zero-order valence-corrected chi connectivity index (χ0v) is 16.3. The van der Waals surface area contributed by atoms with Crippen molar-refractivity contribution in [2.24, 2.45) is 12.0 Å². The zero-order valence-electron chi connectivity index (χ0n) is 14.0. The number of nitrogens with one attached hydrogen (secondary N) is 2. The summed E-state index contributed by atoms with van der Waals surface area (Å²) in [5.74, 6) is 2.64. The Morgan fingerprint density at radius 2 is 2.14 bits per heavy atom. The third-order valence-corrected chi connectivity index (χ3v) is 4.23. The number of rotatable bonds is 5. The number of hydrogen-bond acceptors (Lipinski definition) is 4. The fourth-order valence-corrected chi connectivity index (χ4v) is 2.75. The highest BCUT2D eigenvalue weighted by molar-refractivity contribution is 14.0. The molecule has 1 saturated heterocycles. The number of aromatic nitrogens is 3. The van der Waals surface area contributed by atoms with Crippen molar-refractivity contribution in [3.8, 4) is 0 Å². The lowest BCUT2D eigenvalue weighted by molar-refractivity contribution is 0.267. The molecule has 0 aliphatic carbocycles. The van der Waals surface area contributed by atoms with Crippen LogP contribution in [0.15, 0.2) is 4.99 Å². The van der Waals surface area contributed by atoms with Gasteiger partial charge >= 0.3 is 0 Å². The van der Waals surface area contributed by atoms with Crippen LogP contribution in [0.3, 0.4) is 0 Å². The summed E-state index contributed by atoms with van der Waals surface area (Å²) in [6, 6.07) is 0.616. The number of aliphatic imine (C=N–C) groups is 1. The molecule has 2 rings (SSSR count). The molecule has 8 heteroatoms. The highest BCUT2D eigenvalue weighted by atomic mass is 127. The van der Waals surface area contributed by atoms with Crippen LogP contribution in [0.2, 0.25) is 0 Å². The maximum atomic E-state index is 4.27. The predicted molar refractivity (Wildman–Crippen MR) is 99.6 cm³/mol. The molecule has 0 radical (unpaired) electrons. The van der Waals surface area contributed by atoms with Gasteiger partial charge in [-0.05, 0) is 32.9 Å². The predicted octanol–water partition coefficient (Wildman–Crippen LogP) is 0.891. The summed E-state index contributed by atoms with van der Waals surface area (Å²) in [6.07, 6.45) is 2.56. The van der Waals surface area contributed by atoms with Gasteiger partial charge in [0.05, 0.1) is 6.54 Å². The van der Waals surface area contributed by atoms with E-state index in [0.717, 1.165) is 30.7 Å². The monoisotopic (exact) mass is 421 g/mol. The van der Waals surface area contributed by atoms with Crippen molar-refractivity contribution in [1.29, 1.82) is 0 Å². The molecule has 1 atom stereocenters. The highest BCUT2D eigenvalue weighted by Gasteiger charge is 2.22. The lowest BCUT2D eigenvalue weighted by Gasteiger charge is -2.23. The topological polar surface area (TPSA) is 70.4 Å². The largest absolute Gasteiger partial charge is 0.355 e. The minimum absolute atomic E-state index is 0. The van der Waals surface area contributed by atoms with E-state index in [0.29, 0.717) is 12.6 Å². The first-order chi connectivity index (χ1) is 10.2. The Balaban J connectivity index is 0.00000242. The second kappa shape index (κ2) is 9.29. The Morgan fingerprint density at radius 3 is 2.73 bits per heavy atom.